The number of hydrogen-bond acceptors (Lipinski definition) is 3. The van der Waals surface area contributed by atoms with Gasteiger partial charge >= 0.3 is 6.03 Å². The molecule has 0 saturated carbocycles. The third-order valence-electron chi connectivity index (χ3n) is 5.70. The second kappa shape index (κ2) is 8.26. The van der Waals surface area contributed by atoms with Crippen molar-refractivity contribution < 1.29 is 14.3 Å². The molecule has 5 heteroatoms. The third kappa shape index (κ3) is 4.04. The Morgan fingerprint density at radius 1 is 0.903 bits per heavy atom. The van der Waals surface area contributed by atoms with E-state index in [1.54, 1.807) is 6.92 Å². The van der Waals surface area contributed by atoms with Gasteiger partial charge < -0.3 is 10.1 Å². The number of nitrogens with zero attached hydrogens (tertiary/aromatic N) is 1. The smallest absolute Gasteiger partial charge is 0.325 e. The molecule has 158 valence electrons. The first-order chi connectivity index (χ1) is 14.9. The topological polar surface area (TPSA) is 58.6 Å². The van der Waals surface area contributed by atoms with Crippen LogP contribution in [0.4, 0.5) is 4.79 Å². The third-order valence-corrected chi connectivity index (χ3v) is 5.70. The quantitative estimate of drug-likeness (QED) is 0.537. The Morgan fingerprint density at radius 2 is 1.55 bits per heavy atom. The van der Waals surface area contributed by atoms with Gasteiger partial charge in [0.2, 0.25) is 0 Å². The van der Waals surface area contributed by atoms with Crippen molar-refractivity contribution in [1.29, 1.82) is 0 Å². The first-order valence-corrected chi connectivity index (χ1v) is 10.4. The van der Waals surface area contributed by atoms with Crippen LogP contribution in [0.2, 0.25) is 0 Å². The van der Waals surface area contributed by atoms with Crippen molar-refractivity contribution in [2.45, 2.75) is 38.8 Å². The molecular weight excluding hydrogens is 388 g/mol. The van der Waals surface area contributed by atoms with Gasteiger partial charge in [0.05, 0.1) is 6.54 Å². The van der Waals surface area contributed by atoms with Gasteiger partial charge in [0.25, 0.3) is 5.91 Å². The second-order valence-electron chi connectivity index (χ2n) is 8.25. The van der Waals surface area contributed by atoms with Gasteiger partial charge in [0.15, 0.2) is 0 Å². The number of carbonyl (C=O) groups is 2. The Bertz CT molecular complexity index is 1090. The van der Waals surface area contributed by atoms with Crippen molar-refractivity contribution in [3.05, 3.63) is 95.6 Å². The molecule has 0 unspecified atom stereocenters. The van der Waals surface area contributed by atoms with Gasteiger partial charge in [0, 0.05) is 5.56 Å². The van der Waals surface area contributed by atoms with Crippen LogP contribution in [0.3, 0.4) is 0 Å². The number of carbonyl (C=O) groups excluding carboxylic acids is 2. The summed E-state index contributed by atoms with van der Waals surface area (Å²) in [5.41, 5.74) is 1.62. The number of ether oxygens (including phenoxy) is 1. The summed E-state index contributed by atoms with van der Waals surface area (Å²) in [6, 6.07) is 24.3. The van der Waals surface area contributed by atoms with Crippen LogP contribution >= 0.6 is 0 Å². The molecule has 0 aliphatic carbocycles. The molecular formula is C26H26N2O3. The van der Waals surface area contributed by atoms with Crippen LogP contribution in [-0.4, -0.2) is 16.8 Å². The highest BCUT2D eigenvalue weighted by atomic mass is 16.5. The molecule has 0 radical (unpaired) electrons. The fourth-order valence-corrected chi connectivity index (χ4v) is 3.76. The van der Waals surface area contributed by atoms with Crippen LogP contribution < -0.4 is 10.1 Å². The molecule has 1 aliphatic heterocycles. The lowest BCUT2D eigenvalue weighted by molar-refractivity contribution is -0.131. The molecule has 1 aliphatic rings. The predicted molar refractivity (Wildman–Crippen MR) is 120 cm³/mol. The van der Waals surface area contributed by atoms with Crippen molar-refractivity contribution >= 4 is 11.9 Å². The summed E-state index contributed by atoms with van der Waals surface area (Å²) in [6.45, 7) is 6.13. The van der Waals surface area contributed by atoms with E-state index in [-0.39, 0.29) is 12.5 Å². The second-order valence-corrected chi connectivity index (χ2v) is 8.25. The lowest BCUT2D eigenvalue weighted by Crippen LogP contribution is -2.40. The van der Waals surface area contributed by atoms with Gasteiger partial charge in [-0.05, 0) is 42.2 Å². The van der Waals surface area contributed by atoms with Crippen molar-refractivity contribution in [2.24, 2.45) is 0 Å². The SMILES string of the molecule is CC(C)c1ccc([C@@]2(C)NC(=O)N(Cc3ccccc3Oc3ccccc3)C2=O)cc1. The summed E-state index contributed by atoms with van der Waals surface area (Å²) >= 11 is 0. The van der Waals surface area contributed by atoms with Crippen LogP contribution in [0.15, 0.2) is 78.9 Å². The molecule has 0 aromatic heterocycles. The molecule has 1 atom stereocenters. The van der Waals surface area contributed by atoms with E-state index in [9.17, 15) is 9.59 Å². The van der Waals surface area contributed by atoms with Crippen LogP contribution in [0, 0.1) is 0 Å². The maximum Gasteiger partial charge on any atom is 0.325 e. The highest BCUT2D eigenvalue weighted by molar-refractivity contribution is 6.07. The number of para-hydroxylation sites is 2. The van der Waals surface area contributed by atoms with Crippen LogP contribution in [0.25, 0.3) is 0 Å². The number of nitrogens with one attached hydrogen (secondary N) is 1. The Hall–Kier alpha value is -3.60. The molecule has 1 heterocycles. The van der Waals surface area contributed by atoms with E-state index < -0.39 is 11.6 Å². The zero-order chi connectivity index (χ0) is 22.0. The number of rotatable bonds is 6. The minimum absolute atomic E-state index is 0.132. The lowest BCUT2D eigenvalue weighted by Gasteiger charge is -2.23. The standard InChI is InChI=1S/C26H26N2O3/c1-18(2)19-13-15-21(16-14-19)26(3)24(29)28(25(30)27-26)17-20-9-7-8-12-23(20)31-22-10-5-4-6-11-22/h4-16,18H,17H2,1-3H3,(H,27,30)/t26-/m1/s1. The van der Waals surface area contributed by atoms with Gasteiger partial charge in [-0.1, -0.05) is 74.5 Å². The normalized spacial score (nSPS) is 18.4. The molecule has 1 saturated heterocycles. The Labute approximate surface area is 182 Å². The van der Waals surface area contributed by atoms with E-state index in [2.05, 4.69) is 19.2 Å². The maximum atomic E-state index is 13.3. The van der Waals surface area contributed by atoms with E-state index in [0.29, 0.717) is 17.4 Å². The molecule has 3 aromatic rings. The lowest BCUT2D eigenvalue weighted by atomic mass is 9.90. The number of imide groups is 1. The largest absolute Gasteiger partial charge is 0.457 e. The summed E-state index contributed by atoms with van der Waals surface area (Å²) < 4.78 is 5.99. The molecule has 1 N–H and O–H groups in total. The molecule has 3 aromatic carbocycles. The molecule has 1 fully saturated rings. The van der Waals surface area contributed by atoms with Crippen LogP contribution in [-0.2, 0) is 16.9 Å². The van der Waals surface area contributed by atoms with E-state index >= 15 is 0 Å². The first-order valence-electron chi connectivity index (χ1n) is 10.4. The van der Waals surface area contributed by atoms with E-state index in [1.165, 1.54) is 10.5 Å². The number of benzene rings is 3. The molecule has 5 nitrogen and oxygen atoms in total. The van der Waals surface area contributed by atoms with Gasteiger partial charge in [-0.25, -0.2) is 4.79 Å². The van der Waals surface area contributed by atoms with Crippen molar-refractivity contribution in [2.75, 3.05) is 0 Å². The molecule has 4 rings (SSSR count). The van der Waals surface area contributed by atoms with Crippen molar-refractivity contribution in [3.8, 4) is 11.5 Å². The first kappa shape index (κ1) is 20.7. The van der Waals surface area contributed by atoms with E-state index in [0.717, 1.165) is 11.1 Å². The molecule has 0 bridgehead atoms. The summed E-state index contributed by atoms with van der Waals surface area (Å²) in [4.78, 5) is 27.4. The summed E-state index contributed by atoms with van der Waals surface area (Å²) in [5, 5.41) is 2.88. The fourth-order valence-electron chi connectivity index (χ4n) is 3.76. The fraction of sp³-hybridized carbons (Fsp3) is 0.231. The monoisotopic (exact) mass is 414 g/mol. The Balaban J connectivity index is 1.58. The Morgan fingerprint density at radius 3 is 2.23 bits per heavy atom. The van der Waals surface area contributed by atoms with Crippen LogP contribution in [0.5, 0.6) is 11.5 Å². The van der Waals surface area contributed by atoms with Gasteiger partial charge in [-0.2, -0.15) is 0 Å². The van der Waals surface area contributed by atoms with Crippen molar-refractivity contribution in [1.82, 2.24) is 10.2 Å². The summed E-state index contributed by atoms with van der Waals surface area (Å²) in [7, 11) is 0. The van der Waals surface area contributed by atoms with Crippen molar-refractivity contribution in [3.63, 3.8) is 0 Å². The van der Waals surface area contributed by atoms with Gasteiger partial charge in [-0.15, -0.1) is 0 Å². The van der Waals surface area contributed by atoms with E-state index in [1.807, 2.05) is 78.9 Å². The Kier molecular flexibility index (Phi) is 5.51. The van der Waals surface area contributed by atoms with Gasteiger partial charge in [-0.3, -0.25) is 9.69 Å². The predicted octanol–water partition coefficient (Wildman–Crippen LogP) is 5.57. The van der Waals surface area contributed by atoms with Gasteiger partial charge in [0.1, 0.15) is 17.0 Å². The average Bonchev–Trinajstić information content (AvgIpc) is 2.99. The number of urea groups is 1. The minimum Gasteiger partial charge on any atom is -0.457 e. The van der Waals surface area contributed by atoms with Crippen LogP contribution in [0.1, 0.15) is 43.4 Å². The van der Waals surface area contributed by atoms with E-state index in [4.69, 9.17) is 4.74 Å². The maximum absolute atomic E-state index is 13.3. The summed E-state index contributed by atoms with van der Waals surface area (Å²) in [5.74, 6) is 1.43. The highest BCUT2D eigenvalue weighted by Crippen LogP contribution is 2.33. The zero-order valence-corrected chi connectivity index (χ0v) is 18.0. The zero-order valence-electron chi connectivity index (χ0n) is 18.0. The molecule has 31 heavy (non-hydrogen) atoms. The molecule has 3 amide bonds. The molecule has 0 spiro atoms. The minimum atomic E-state index is -1.10. The number of hydrogen-bond donors (Lipinski definition) is 1. The highest BCUT2D eigenvalue weighted by Gasteiger charge is 2.49. The summed E-state index contributed by atoms with van der Waals surface area (Å²) in [6.07, 6.45) is 0. The average molecular weight is 415 g/mol. The number of amides is 3.